The number of benzene rings is 1. The quantitative estimate of drug-likeness (QED) is 0.825. The maximum Gasteiger partial charge on any atom is 0.309 e. The van der Waals surface area contributed by atoms with Crippen LogP contribution in [0.25, 0.3) is 0 Å². The molecular weight excluding hydrogens is 216 g/mol. The fourth-order valence-corrected chi connectivity index (χ4v) is 2.05. The van der Waals surface area contributed by atoms with E-state index in [1.807, 2.05) is 38.1 Å². The van der Waals surface area contributed by atoms with Crippen LogP contribution in [0.2, 0.25) is 0 Å². The highest BCUT2D eigenvalue weighted by atomic mass is 16.5. The third kappa shape index (κ3) is 2.99. The summed E-state index contributed by atoms with van der Waals surface area (Å²) < 4.78 is 5.15. The lowest BCUT2D eigenvalue weighted by Crippen LogP contribution is -2.32. The summed E-state index contributed by atoms with van der Waals surface area (Å²) in [7, 11) is 1.61. The third-order valence-electron chi connectivity index (χ3n) is 3.48. The van der Waals surface area contributed by atoms with Gasteiger partial charge in [0.25, 0.3) is 0 Å². The Bertz CT molecular complexity index is 381. The van der Waals surface area contributed by atoms with Gasteiger partial charge in [0.1, 0.15) is 5.75 Å². The molecule has 0 saturated heterocycles. The fraction of sp³-hybridized carbons (Fsp3) is 0.500. The molecule has 0 aliphatic heterocycles. The van der Waals surface area contributed by atoms with Crippen molar-refractivity contribution >= 4 is 5.97 Å². The van der Waals surface area contributed by atoms with Crippen molar-refractivity contribution in [1.29, 1.82) is 0 Å². The highest BCUT2D eigenvalue weighted by Crippen LogP contribution is 2.32. The van der Waals surface area contributed by atoms with Crippen molar-refractivity contribution in [2.24, 2.45) is 5.41 Å². The second-order valence-electron chi connectivity index (χ2n) is 4.32. The number of hydrogen-bond acceptors (Lipinski definition) is 2. The number of carbonyl (C=O) groups is 1. The van der Waals surface area contributed by atoms with Crippen LogP contribution >= 0.6 is 0 Å². The van der Waals surface area contributed by atoms with Gasteiger partial charge in [-0.05, 0) is 37.0 Å². The van der Waals surface area contributed by atoms with Crippen molar-refractivity contribution in [3.05, 3.63) is 29.8 Å². The van der Waals surface area contributed by atoms with Gasteiger partial charge in [0.15, 0.2) is 0 Å². The van der Waals surface area contributed by atoms with E-state index in [2.05, 4.69) is 0 Å². The fourth-order valence-electron chi connectivity index (χ4n) is 2.05. The lowest BCUT2D eigenvalue weighted by molar-refractivity contribution is -0.149. The summed E-state index contributed by atoms with van der Waals surface area (Å²) in [4.78, 5) is 11.4. The first-order chi connectivity index (χ1) is 8.07. The molecule has 0 fully saturated rings. The topological polar surface area (TPSA) is 46.5 Å². The Kier molecular flexibility index (Phi) is 4.55. The van der Waals surface area contributed by atoms with Gasteiger partial charge in [-0.2, -0.15) is 0 Å². The molecule has 94 valence electrons. The van der Waals surface area contributed by atoms with Crippen LogP contribution in [-0.2, 0) is 11.2 Å². The smallest absolute Gasteiger partial charge is 0.309 e. The molecule has 1 N–H and O–H groups in total. The van der Waals surface area contributed by atoms with E-state index in [1.54, 1.807) is 7.11 Å². The molecule has 0 atom stereocenters. The van der Waals surface area contributed by atoms with E-state index in [1.165, 1.54) is 0 Å². The molecule has 3 nitrogen and oxygen atoms in total. The van der Waals surface area contributed by atoms with Crippen molar-refractivity contribution in [1.82, 2.24) is 0 Å². The first-order valence-electron chi connectivity index (χ1n) is 5.94. The molecule has 0 aromatic heterocycles. The predicted molar refractivity (Wildman–Crippen MR) is 67.3 cm³/mol. The molecule has 0 aliphatic carbocycles. The van der Waals surface area contributed by atoms with Crippen molar-refractivity contribution in [2.45, 2.75) is 33.1 Å². The Hall–Kier alpha value is -1.51. The van der Waals surface area contributed by atoms with Crippen LogP contribution in [0.3, 0.4) is 0 Å². The average molecular weight is 236 g/mol. The number of carboxylic acids is 1. The second kappa shape index (κ2) is 5.71. The summed E-state index contributed by atoms with van der Waals surface area (Å²) in [6.07, 6.45) is 1.82. The van der Waals surface area contributed by atoms with Gasteiger partial charge in [0, 0.05) is 0 Å². The van der Waals surface area contributed by atoms with Crippen LogP contribution in [0.15, 0.2) is 24.3 Å². The van der Waals surface area contributed by atoms with Crippen molar-refractivity contribution in [2.75, 3.05) is 7.11 Å². The summed E-state index contributed by atoms with van der Waals surface area (Å²) in [5, 5.41) is 9.38. The van der Waals surface area contributed by atoms with E-state index < -0.39 is 11.4 Å². The number of hydrogen-bond donors (Lipinski definition) is 1. The van der Waals surface area contributed by atoms with Gasteiger partial charge < -0.3 is 9.84 Å². The van der Waals surface area contributed by atoms with Crippen molar-refractivity contribution in [3.63, 3.8) is 0 Å². The van der Waals surface area contributed by atoms with Gasteiger partial charge in [-0.1, -0.05) is 26.0 Å². The standard InChI is InChI=1S/C14H20O3/c1-4-14(5-2,13(15)16)10-11-7-6-8-12(9-11)17-3/h6-9H,4-5,10H2,1-3H3,(H,15,16). The summed E-state index contributed by atoms with van der Waals surface area (Å²) >= 11 is 0. The summed E-state index contributed by atoms with van der Waals surface area (Å²) in [6, 6.07) is 7.62. The van der Waals surface area contributed by atoms with Gasteiger partial charge in [0.2, 0.25) is 0 Å². The maximum absolute atomic E-state index is 11.4. The molecule has 0 bridgehead atoms. The van der Waals surface area contributed by atoms with Gasteiger partial charge in [-0.15, -0.1) is 0 Å². The van der Waals surface area contributed by atoms with Crippen LogP contribution < -0.4 is 4.74 Å². The highest BCUT2D eigenvalue weighted by Gasteiger charge is 2.34. The molecule has 0 unspecified atom stereocenters. The molecule has 0 radical (unpaired) electrons. The predicted octanol–water partition coefficient (Wildman–Crippen LogP) is 3.13. The zero-order valence-corrected chi connectivity index (χ0v) is 10.7. The molecule has 0 amide bonds. The van der Waals surface area contributed by atoms with Crippen LogP contribution in [-0.4, -0.2) is 18.2 Å². The SMILES string of the molecule is CCC(CC)(Cc1cccc(OC)c1)C(=O)O. The summed E-state index contributed by atoms with van der Waals surface area (Å²) in [5.41, 5.74) is 0.349. The van der Waals surface area contributed by atoms with Crippen molar-refractivity contribution in [3.8, 4) is 5.75 Å². The van der Waals surface area contributed by atoms with E-state index in [9.17, 15) is 9.90 Å². The molecule has 1 aromatic rings. The zero-order valence-electron chi connectivity index (χ0n) is 10.7. The first kappa shape index (κ1) is 13.6. The second-order valence-corrected chi connectivity index (χ2v) is 4.32. The van der Waals surface area contributed by atoms with E-state index in [0.717, 1.165) is 11.3 Å². The third-order valence-corrected chi connectivity index (χ3v) is 3.48. The van der Waals surface area contributed by atoms with Crippen LogP contribution in [0.4, 0.5) is 0 Å². The number of carboxylic acid groups (broad SMARTS) is 1. The van der Waals surface area contributed by atoms with Gasteiger partial charge in [-0.25, -0.2) is 0 Å². The number of rotatable bonds is 6. The van der Waals surface area contributed by atoms with Gasteiger partial charge in [-0.3, -0.25) is 4.79 Å². The monoisotopic (exact) mass is 236 g/mol. The Balaban J connectivity index is 2.97. The first-order valence-corrected chi connectivity index (χ1v) is 5.94. The Morgan fingerprint density at radius 3 is 2.47 bits per heavy atom. The number of methoxy groups -OCH3 is 1. The molecule has 0 spiro atoms. The minimum Gasteiger partial charge on any atom is -0.497 e. The minimum absolute atomic E-state index is 0.548. The molecular formula is C14H20O3. The van der Waals surface area contributed by atoms with Crippen LogP contribution in [0.5, 0.6) is 5.75 Å². The van der Waals surface area contributed by atoms with E-state index in [-0.39, 0.29) is 0 Å². The Morgan fingerprint density at radius 2 is 2.00 bits per heavy atom. The maximum atomic E-state index is 11.4. The van der Waals surface area contributed by atoms with E-state index >= 15 is 0 Å². The lowest BCUT2D eigenvalue weighted by atomic mass is 9.77. The van der Waals surface area contributed by atoms with Gasteiger partial charge >= 0.3 is 5.97 Å². The molecule has 17 heavy (non-hydrogen) atoms. The molecule has 0 aliphatic rings. The number of aliphatic carboxylic acids is 1. The minimum atomic E-state index is -0.717. The largest absolute Gasteiger partial charge is 0.497 e. The molecule has 0 heterocycles. The number of ether oxygens (including phenoxy) is 1. The van der Waals surface area contributed by atoms with Crippen molar-refractivity contribution < 1.29 is 14.6 Å². The normalized spacial score (nSPS) is 11.2. The van der Waals surface area contributed by atoms with E-state index in [4.69, 9.17) is 4.74 Å². The molecule has 0 saturated carbocycles. The Labute approximate surface area is 102 Å². The zero-order chi connectivity index (χ0) is 12.9. The molecule has 1 aromatic carbocycles. The molecule has 1 rings (SSSR count). The molecule has 3 heteroatoms. The summed E-state index contributed by atoms with van der Waals surface area (Å²) in [6.45, 7) is 3.86. The lowest BCUT2D eigenvalue weighted by Gasteiger charge is -2.26. The van der Waals surface area contributed by atoms with Gasteiger partial charge in [0.05, 0.1) is 12.5 Å². The van der Waals surface area contributed by atoms with Crippen LogP contribution in [0, 0.1) is 5.41 Å². The van der Waals surface area contributed by atoms with Crippen LogP contribution in [0.1, 0.15) is 32.3 Å². The Morgan fingerprint density at radius 1 is 1.35 bits per heavy atom. The van der Waals surface area contributed by atoms with E-state index in [0.29, 0.717) is 19.3 Å². The highest BCUT2D eigenvalue weighted by molar-refractivity contribution is 5.75. The average Bonchev–Trinajstić information content (AvgIpc) is 2.36. The summed E-state index contributed by atoms with van der Waals surface area (Å²) in [5.74, 6) is 0.0549.